The maximum Gasteiger partial charge on any atom is 0.389 e. The molecule has 0 amide bonds. The average molecular weight is 225 g/mol. The quantitative estimate of drug-likeness (QED) is 0.742. The van der Waals surface area contributed by atoms with Gasteiger partial charge in [-0.3, -0.25) is 0 Å². The summed E-state index contributed by atoms with van der Waals surface area (Å²) in [7, 11) is 0. The van der Waals surface area contributed by atoms with E-state index in [4.69, 9.17) is 4.74 Å². The van der Waals surface area contributed by atoms with Gasteiger partial charge < -0.3 is 10.1 Å². The van der Waals surface area contributed by atoms with E-state index in [1.165, 1.54) is 0 Å². The normalized spacial score (nSPS) is 23.8. The van der Waals surface area contributed by atoms with Gasteiger partial charge in [-0.15, -0.1) is 0 Å². The summed E-state index contributed by atoms with van der Waals surface area (Å²) < 4.78 is 40.8. The highest BCUT2D eigenvalue weighted by Crippen LogP contribution is 2.20. The van der Waals surface area contributed by atoms with Gasteiger partial charge in [0.2, 0.25) is 0 Å². The standard InChI is InChI=1S/C10H18F3NO/c11-10(12,13)5-2-6-14-9-3-1-7-15-8-4-9/h9,14H,1-8H2. The van der Waals surface area contributed by atoms with E-state index in [-0.39, 0.29) is 6.42 Å². The SMILES string of the molecule is FC(F)(F)CCCNC1CCCOCC1. The van der Waals surface area contributed by atoms with Crippen molar-refractivity contribution in [1.82, 2.24) is 5.32 Å². The van der Waals surface area contributed by atoms with Crippen molar-refractivity contribution in [3.8, 4) is 0 Å². The van der Waals surface area contributed by atoms with Crippen LogP contribution in [0, 0.1) is 0 Å². The monoisotopic (exact) mass is 225 g/mol. The van der Waals surface area contributed by atoms with Crippen LogP contribution in [0.3, 0.4) is 0 Å². The highest BCUT2D eigenvalue weighted by Gasteiger charge is 2.26. The second kappa shape index (κ2) is 6.33. The summed E-state index contributed by atoms with van der Waals surface area (Å²) in [5.41, 5.74) is 0. The Balaban J connectivity index is 2.03. The summed E-state index contributed by atoms with van der Waals surface area (Å²) >= 11 is 0. The molecule has 0 spiro atoms. The maximum absolute atomic E-state index is 11.8. The molecule has 15 heavy (non-hydrogen) atoms. The van der Waals surface area contributed by atoms with Gasteiger partial charge in [-0.1, -0.05) is 0 Å². The molecular weight excluding hydrogens is 207 g/mol. The lowest BCUT2D eigenvalue weighted by Crippen LogP contribution is -2.30. The zero-order valence-electron chi connectivity index (χ0n) is 8.78. The molecule has 1 rings (SSSR count). The molecule has 1 atom stereocenters. The summed E-state index contributed by atoms with van der Waals surface area (Å²) in [6, 6.07) is 0.334. The van der Waals surface area contributed by atoms with Crippen LogP contribution in [-0.2, 0) is 4.74 Å². The topological polar surface area (TPSA) is 21.3 Å². The van der Waals surface area contributed by atoms with Crippen molar-refractivity contribution in [3.05, 3.63) is 0 Å². The number of ether oxygens (including phenoxy) is 1. The van der Waals surface area contributed by atoms with Gasteiger partial charge in [0.25, 0.3) is 0 Å². The lowest BCUT2D eigenvalue weighted by molar-refractivity contribution is -0.135. The van der Waals surface area contributed by atoms with Crippen molar-refractivity contribution >= 4 is 0 Å². The minimum absolute atomic E-state index is 0.168. The van der Waals surface area contributed by atoms with Gasteiger partial charge in [-0.25, -0.2) is 0 Å². The molecule has 1 N–H and O–H groups in total. The van der Waals surface area contributed by atoms with Crippen LogP contribution in [0.1, 0.15) is 32.1 Å². The lowest BCUT2D eigenvalue weighted by atomic mass is 10.1. The third kappa shape index (κ3) is 6.73. The zero-order valence-corrected chi connectivity index (χ0v) is 8.78. The molecule has 0 aromatic heterocycles. The summed E-state index contributed by atoms with van der Waals surface area (Å²) in [6.45, 7) is 1.95. The van der Waals surface area contributed by atoms with Gasteiger partial charge >= 0.3 is 6.18 Å². The third-order valence-corrected chi connectivity index (χ3v) is 2.52. The molecule has 90 valence electrons. The summed E-state index contributed by atoms with van der Waals surface area (Å²) in [6.07, 6.45) is -1.63. The molecule has 0 aliphatic carbocycles. The van der Waals surface area contributed by atoms with E-state index in [9.17, 15) is 13.2 Å². The van der Waals surface area contributed by atoms with E-state index in [2.05, 4.69) is 5.32 Å². The fourth-order valence-electron chi connectivity index (χ4n) is 1.70. The molecule has 1 saturated heterocycles. The highest BCUT2D eigenvalue weighted by molar-refractivity contribution is 4.69. The number of rotatable bonds is 4. The predicted octanol–water partition coefficient (Wildman–Crippen LogP) is 2.49. The molecule has 1 aliphatic heterocycles. The maximum atomic E-state index is 11.8. The van der Waals surface area contributed by atoms with Crippen LogP contribution in [0.15, 0.2) is 0 Å². The molecular formula is C10H18F3NO. The second-order valence-corrected chi connectivity index (χ2v) is 3.91. The van der Waals surface area contributed by atoms with E-state index in [1.807, 2.05) is 0 Å². The van der Waals surface area contributed by atoms with Gasteiger partial charge in [-0.05, 0) is 32.2 Å². The number of halogens is 3. The van der Waals surface area contributed by atoms with Crippen LogP contribution in [0.25, 0.3) is 0 Å². The number of alkyl halides is 3. The Hall–Kier alpha value is -0.290. The lowest BCUT2D eigenvalue weighted by Gasteiger charge is -2.15. The molecule has 0 aromatic rings. The summed E-state index contributed by atoms with van der Waals surface area (Å²) in [5, 5.41) is 3.15. The molecule has 0 aromatic carbocycles. The fourth-order valence-corrected chi connectivity index (χ4v) is 1.70. The molecule has 0 radical (unpaired) electrons. The van der Waals surface area contributed by atoms with E-state index >= 15 is 0 Å². The average Bonchev–Trinajstić information content (AvgIpc) is 2.39. The first-order valence-electron chi connectivity index (χ1n) is 5.46. The molecule has 0 saturated carbocycles. The molecule has 1 unspecified atom stereocenters. The van der Waals surface area contributed by atoms with Crippen LogP contribution >= 0.6 is 0 Å². The van der Waals surface area contributed by atoms with Crippen LogP contribution in [0.4, 0.5) is 13.2 Å². The minimum atomic E-state index is -4.02. The van der Waals surface area contributed by atoms with Crippen molar-refractivity contribution in [3.63, 3.8) is 0 Å². The van der Waals surface area contributed by atoms with E-state index in [0.717, 1.165) is 32.5 Å². The Morgan fingerprint density at radius 2 is 2.00 bits per heavy atom. The van der Waals surface area contributed by atoms with Crippen molar-refractivity contribution < 1.29 is 17.9 Å². The van der Waals surface area contributed by atoms with E-state index in [0.29, 0.717) is 12.6 Å². The fraction of sp³-hybridized carbons (Fsp3) is 1.00. The minimum Gasteiger partial charge on any atom is -0.381 e. The van der Waals surface area contributed by atoms with Gasteiger partial charge in [0.05, 0.1) is 0 Å². The molecule has 1 fully saturated rings. The van der Waals surface area contributed by atoms with Crippen molar-refractivity contribution in [2.75, 3.05) is 19.8 Å². The van der Waals surface area contributed by atoms with Gasteiger partial charge in [-0.2, -0.15) is 13.2 Å². The Labute approximate surface area is 88.2 Å². The Morgan fingerprint density at radius 3 is 2.73 bits per heavy atom. The first-order valence-corrected chi connectivity index (χ1v) is 5.46. The Morgan fingerprint density at radius 1 is 1.20 bits per heavy atom. The molecule has 1 heterocycles. The van der Waals surface area contributed by atoms with E-state index < -0.39 is 12.6 Å². The predicted molar refractivity (Wildman–Crippen MR) is 51.7 cm³/mol. The van der Waals surface area contributed by atoms with Crippen LogP contribution in [0.2, 0.25) is 0 Å². The van der Waals surface area contributed by atoms with Gasteiger partial charge in [0, 0.05) is 25.7 Å². The molecule has 0 bridgehead atoms. The smallest absolute Gasteiger partial charge is 0.381 e. The zero-order chi connectivity index (χ0) is 11.1. The van der Waals surface area contributed by atoms with Crippen molar-refractivity contribution in [2.24, 2.45) is 0 Å². The van der Waals surface area contributed by atoms with E-state index in [1.54, 1.807) is 0 Å². The Kier molecular flexibility index (Phi) is 5.39. The van der Waals surface area contributed by atoms with Crippen LogP contribution in [-0.4, -0.2) is 32.0 Å². The largest absolute Gasteiger partial charge is 0.389 e. The van der Waals surface area contributed by atoms with Gasteiger partial charge in [0.15, 0.2) is 0 Å². The number of nitrogens with one attached hydrogen (secondary N) is 1. The highest BCUT2D eigenvalue weighted by atomic mass is 19.4. The van der Waals surface area contributed by atoms with Crippen molar-refractivity contribution in [2.45, 2.75) is 44.3 Å². The first-order chi connectivity index (χ1) is 7.08. The molecule has 2 nitrogen and oxygen atoms in total. The third-order valence-electron chi connectivity index (χ3n) is 2.52. The number of hydrogen-bond acceptors (Lipinski definition) is 2. The summed E-state index contributed by atoms with van der Waals surface area (Å²) in [5.74, 6) is 0. The second-order valence-electron chi connectivity index (χ2n) is 3.91. The van der Waals surface area contributed by atoms with Crippen LogP contribution < -0.4 is 5.32 Å². The molecule has 1 aliphatic rings. The van der Waals surface area contributed by atoms with Crippen LogP contribution in [0.5, 0.6) is 0 Å². The van der Waals surface area contributed by atoms with Gasteiger partial charge in [0.1, 0.15) is 0 Å². The summed E-state index contributed by atoms with van der Waals surface area (Å²) in [4.78, 5) is 0. The number of hydrogen-bond donors (Lipinski definition) is 1. The Bertz CT molecular complexity index is 165. The first kappa shape index (κ1) is 12.8. The molecule has 5 heteroatoms. The van der Waals surface area contributed by atoms with Crippen molar-refractivity contribution in [1.29, 1.82) is 0 Å².